The van der Waals surface area contributed by atoms with Crippen molar-refractivity contribution in [1.29, 1.82) is 0 Å². The van der Waals surface area contributed by atoms with Gasteiger partial charge in [-0.2, -0.15) is 0 Å². The van der Waals surface area contributed by atoms with Crippen LogP contribution in [0.1, 0.15) is 21.5 Å². The highest BCUT2D eigenvalue weighted by Crippen LogP contribution is 2.15. The van der Waals surface area contributed by atoms with Crippen molar-refractivity contribution < 1.29 is 9.59 Å². The summed E-state index contributed by atoms with van der Waals surface area (Å²) < 4.78 is 0. The van der Waals surface area contributed by atoms with Crippen molar-refractivity contribution in [2.75, 3.05) is 0 Å². The topological polar surface area (TPSA) is 58.2 Å². The van der Waals surface area contributed by atoms with Crippen LogP contribution >= 0.6 is 11.6 Å². The Morgan fingerprint density at radius 2 is 1.43 bits per heavy atom. The molecule has 0 spiro atoms. The maximum Gasteiger partial charge on any atom is 0.268 e. The summed E-state index contributed by atoms with van der Waals surface area (Å²) in [7, 11) is 0. The molecule has 0 heterocycles. The molecule has 0 aliphatic carbocycles. The first-order valence-electron chi connectivity index (χ1n) is 8.78. The van der Waals surface area contributed by atoms with Crippen LogP contribution in [0, 0.1) is 0 Å². The number of halogens is 1. The summed E-state index contributed by atoms with van der Waals surface area (Å²) in [6.45, 7) is 0.355. The zero-order valence-corrected chi connectivity index (χ0v) is 15.8. The lowest BCUT2D eigenvalue weighted by Gasteiger charge is -2.12. The van der Waals surface area contributed by atoms with E-state index < -0.39 is 5.91 Å². The van der Waals surface area contributed by atoms with E-state index in [2.05, 4.69) is 10.6 Å². The van der Waals surface area contributed by atoms with Gasteiger partial charge in [-0.15, -0.1) is 0 Å². The molecule has 2 amide bonds. The van der Waals surface area contributed by atoms with E-state index in [0.717, 1.165) is 11.1 Å². The van der Waals surface area contributed by atoms with Gasteiger partial charge in [0.1, 0.15) is 5.70 Å². The van der Waals surface area contributed by atoms with Crippen LogP contribution < -0.4 is 10.6 Å². The summed E-state index contributed by atoms with van der Waals surface area (Å²) in [6.07, 6.45) is 1.63. The predicted octanol–water partition coefficient (Wildman–Crippen LogP) is 4.43. The summed E-state index contributed by atoms with van der Waals surface area (Å²) >= 11 is 6.10. The minimum Gasteiger partial charge on any atom is -0.347 e. The van der Waals surface area contributed by atoms with Crippen LogP contribution in [0.4, 0.5) is 0 Å². The van der Waals surface area contributed by atoms with Crippen molar-refractivity contribution in [3.63, 3.8) is 0 Å². The molecule has 0 bridgehead atoms. The van der Waals surface area contributed by atoms with Crippen LogP contribution in [-0.2, 0) is 11.3 Å². The molecule has 2 N–H and O–H groups in total. The highest BCUT2D eigenvalue weighted by Gasteiger charge is 2.16. The summed E-state index contributed by atoms with van der Waals surface area (Å²) in [5.41, 5.74) is 2.21. The third kappa shape index (κ3) is 5.32. The molecule has 0 radical (unpaired) electrons. The summed E-state index contributed by atoms with van der Waals surface area (Å²) in [6, 6.07) is 25.6. The molecule has 0 aliphatic heterocycles. The maximum absolute atomic E-state index is 12.7. The lowest BCUT2D eigenvalue weighted by molar-refractivity contribution is -0.117. The number of hydrogen-bond donors (Lipinski definition) is 2. The van der Waals surface area contributed by atoms with Crippen LogP contribution in [0.25, 0.3) is 6.08 Å². The van der Waals surface area contributed by atoms with E-state index in [1.54, 1.807) is 30.3 Å². The van der Waals surface area contributed by atoms with Gasteiger partial charge in [0.25, 0.3) is 11.8 Å². The molecule has 140 valence electrons. The molecule has 0 atom stereocenters. The molecule has 0 fully saturated rings. The van der Waals surface area contributed by atoms with Crippen LogP contribution in [-0.4, -0.2) is 11.8 Å². The molecule has 4 nitrogen and oxygen atoms in total. The fourth-order valence-electron chi connectivity index (χ4n) is 2.58. The number of rotatable bonds is 6. The van der Waals surface area contributed by atoms with Crippen molar-refractivity contribution >= 4 is 29.5 Å². The molecular formula is C23H19ClN2O2. The van der Waals surface area contributed by atoms with Crippen molar-refractivity contribution in [3.8, 4) is 0 Å². The van der Waals surface area contributed by atoms with Gasteiger partial charge in [0, 0.05) is 6.54 Å². The first-order chi connectivity index (χ1) is 13.6. The molecule has 3 rings (SSSR count). The average Bonchev–Trinajstić information content (AvgIpc) is 2.73. The number of carbonyl (C=O) groups excluding carboxylic acids is 2. The highest BCUT2D eigenvalue weighted by atomic mass is 35.5. The Labute approximate surface area is 168 Å². The Bertz CT molecular complexity index is 986. The second-order valence-corrected chi connectivity index (χ2v) is 6.48. The van der Waals surface area contributed by atoms with E-state index in [1.807, 2.05) is 60.7 Å². The van der Waals surface area contributed by atoms with E-state index in [9.17, 15) is 9.59 Å². The fraction of sp³-hybridized carbons (Fsp3) is 0.0435. The minimum atomic E-state index is -0.442. The molecule has 0 aliphatic rings. The lowest BCUT2D eigenvalue weighted by Crippen LogP contribution is -2.34. The van der Waals surface area contributed by atoms with E-state index in [0.29, 0.717) is 17.1 Å². The average molecular weight is 391 g/mol. The van der Waals surface area contributed by atoms with Crippen molar-refractivity contribution in [1.82, 2.24) is 10.6 Å². The van der Waals surface area contributed by atoms with Crippen LogP contribution in [0.3, 0.4) is 0 Å². The van der Waals surface area contributed by atoms with E-state index in [-0.39, 0.29) is 11.6 Å². The van der Waals surface area contributed by atoms with Gasteiger partial charge >= 0.3 is 0 Å². The molecule has 0 unspecified atom stereocenters. The zero-order chi connectivity index (χ0) is 19.8. The van der Waals surface area contributed by atoms with Crippen molar-refractivity contribution in [2.24, 2.45) is 0 Å². The molecule has 0 saturated carbocycles. The van der Waals surface area contributed by atoms with Gasteiger partial charge in [-0.25, -0.2) is 0 Å². The van der Waals surface area contributed by atoms with Crippen molar-refractivity contribution in [3.05, 3.63) is 112 Å². The standard InChI is InChI=1S/C23H19ClN2O2/c24-20-14-8-7-13-19(20)22(27)26-21(15-17-9-3-1-4-10-17)23(28)25-16-18-11-5-2-6-12-18/h1-15H,16H2,(H,25,28)(H,26,27)/b21-15+. The Balaban J connectivity index is 1.81. The second-order valence-electron chi connectivity index (χ2n) is 6.07. The monoisotopic (exact) mass is 390 g/mol. The van der Waals surface area contributed by atoms with Crippen LogP contribution in [0.15, 0.2) is 90.6 Å². The normalized spacial score (nSPS) is 11.0. The van der Waals surface area contributed by atoms with Gasteiger partial charge < -0.3 is 10.6 Å². The van der Waals surface area contributed by atoms with Crippen molar-refractivity contribution in [2.45, 2.75) is 6.54 Å². The first-order valence-corrected chi connectivity index (χ1v) is 9.16. The Morgan fingerprint density at radius 1 is 0.821 bits per heavy atom. The number of carbonyl (C=O) groups is 2. The molecule has 0 saturated heterocycles. The molecular weight excluding hydrogens is 372 g/mol. The maximum atomic E-state index is 12.7. The number of nitrogens with one attached hydrogen (secondary N) is 2. The van der Waals surface area contributed by atoms with Crippen LogP contribution in [0.2, 0.25) is 5.02 Å². The number of hydrogen-bond acceptors (Lipinski definition) is 2. The third-order valence-electron chi connectivity index (χ3n) is 4.02. The summed E-state index contributed by atoms with van der Waals surface area (Å²) in [5, 5.41) is 5.84. The van der Waals surface area contributed by atoms with E-state index >= 15 is 0 Å². The Kier molecular flexibility index (Phi) is 6.60. The molecule has 28 heavy (non-hydrogen) atoms. The Hall–Kier alpha value is -3.37. The largest absolute Gasteiger partial charge is 0.347 e. The molecule has 5 heteroatoms. The second kappa shape index (κ2) is 9.53. The number of benzene rings is 3. The molecule has 0 aromatic heterocycles. The smallest absolute Gasteiger partial charge is 0.268 e. The quantitative estimate of drug-likeness (QED) is 0.612. The minimum absolute atomic E-state index is 0.145. The highest BCUT2D eigenvalue weighted by molar-refractivity contribution is 6.34. The SMILES string of the molecule is O=C(NCc1ccccc1)/C(=C\c1ccccc1)NC(=O)c1ccccc1Cl. The molecule has 3 aromatic carbocycles. The van der Waals surface area contributed by atoms with E-state index in [1.165, 1.54) is 0 Å². The van der Waals surface area contributed by atoms with Gasteiger partial charge in [0.2, 0.25) is 0 Å². The fourth-order valence-corrected chi connectivity index (χ4v) is 2.80. The van der Waals surface area contributed by atoms with Gasteiger partial charge in [-0.05, 0) is 29.3 Å². The Morgan fingerprint density at radius 3 is 2.11 bits per heavy atom. The first kappa shape index (κ1) is 19.4. The van der Waals surface area contributed by atoms with Gasteiger partial charge in [-0.1, -0.05) is 84.4 Å². The third-order valence-corrected chi connectivity index (χ3v) is 4.35. The van der Waals surface area contributed by atoms with E-state index in [4.69, 9.17) is 11.6 Å². The van der Waals surface area contributed by atoms with Gasteiger partial charge in [0.15, 0.2) is 0 Å². The van der Waals surface area contributed by atoms with Crippen LogP contribution in [0.5, 0.6) is 0 Å². The number of amides is 2. The predicted molar refractivity (Wildman–Crippen MR) is 112 cm³/mol. The zero-order valence-electron chi connectivity index (χ0n) is 15.1. The summed E-state index contributed by atoms with van der Waals surface area (Å²) in [4.78, 5) is 25.4. The summed E-state index contributed by atoms with van der Waals surface area (Å²) in [5.74, 6) is -0.823. The van der Waals surface area contributed by atoms with Gasteiger partial charge in [-0.3, -0.25) is 9.59 Å². The van der Waals surface area contributed by atoms with Gasteiger partial charge in [0.05, 0.1) is 10.6 Å². The lowest BCUT2D eigenvalue weighted by atomic mass is 10.1. The molecule has 3 aromatic rings.